The van der Waals surface area contributed by atoms with Crippen molar-refractivity contribution in [2.24, 2.45) is 0 Å². The summed E-state index contributed by atoms with van der Waals surface area (Å²) < 4.78 is 0. The van der Waals surface area contributed by atoms with Crippen LogP contribution in [0.25, 0.3) is 0 Å². The first-order valence-electron chi connectivity index (χ1n) is 4.29. The molecule has 1 nitrogen and oxygen atoms in total. The Morgan fingerprint density at radius 1 is 1.46 bits per heavy atom. The molecule has 0 amide bonds. The number of hydrogen-bond donors (Lipinski definition) is 1. The molecule has 1 heterocycles. The molecule has 2 heteroatoms. The maximum Gasteiger partial charge on any atom is 0.0442 e. The van der Waals surface area contributed by atoms with Crippen LogP contribution in [-0.2, 0) is 0 Å². The Hall–Kier alpha value is -1.07. The molecule has 0 aromatic heterocycles. The van der Waals surface area contributed by atoms with Crippen LogP contribution in [0.4, 0.5) is 5.69 Å². The Morgan fingerprint density at radius 2 is 2.31 bits per heavy atom. The number of thioether (sulfide) groups is 1. The second-order valence-electron chi connectivity index (χ2n) is 3.10. The van der Waals surface area contributed by atoms with Gasteiger partial charge in [0.15, 0.2) is 0 Å². The van der Waals surface area contributed by atoms with E-state index in [1.54, 1.807) is 0 Å². The number of nitrogens with one attached hydrogen (secondary N) is 1. The summed E-state index contributed by atoms with van der Waals surface area (Å²) in [7, 11) is 0. The van der Waals surface area contributed by atoms with Crippen LogP contribution in [0.3, 0.4) is 0 Å². The average Bonchev–Trinajstić information content (AvgIpc) is 2.12. The van der Waals surface area contributed by atoms with Gasteiger partial charge in [-0.1, -0.05) is 12.0 Å². The van der Waals surface area contributed by atoms with Crippen molar-refractivity contribution in [2.75, 3.05) is 16.8 Å². The van der Waals surface area contributed by atoms with Gasteiger partial charge in [0, 0.05) is 28.8 Å². The van der Waals surface area contributed by atoms with E-state index in [1.165, 1.54) is 11.5 Å². The van der Waals surface area contributed by atoms with Gasteiger partial charge in [-0.15, -0.1) is 6.42 Å². The predicted octanol–water partition coefficient (Wildman–Crippen LogP) is 2.20. The quantitative estimate of drug-likeness (QED) is 0.716. The molecule has 0 atom stereocenters. The monoisotopic (exact) mass is 189 g/mol. The van der Waals surface area contributed by atoms with Crippen molar-refractivity contribution in [2.45, 2.75) is 6.04 Å². The van der Waals surface area contributed by atoms with E-state index >= 15 is 0 Å². The minimum absolute atomic E-state index is 0.637. The van der Waals surface area contributed by atoms with Crippen molar-refractivity contribution >= 4 is 17.4 Å². The maximum absolute atomic E-state index is 5.31. The predicted molar refractivity (Wildman–Crippen MR) is 59.1 cm³/mol. The van der Waals surface area contributed by atoms with E-state index in [4.69, 9.17) is 6.42 Å². The minimum Gasteiger partial charge on any atom is -0.381 e. The molecule has 1 fully saturated rings. The van der Waals surface area contributed by atoms with Gasteiger partial charge in [-0.3, -0.25) is 0 Å². The molecule has 0 radical (unpaired) electrons. The number of anilines is 1. The fraction of sp³-hybridized carbons (Fsp3) is 0.273. The van der Waals surface area contributed by atoms with Crippen molar-refractivity contribution in [1.82, 2.24) is 0 Å². The Balaban J connectivity index is 2.07. The van der Waals surface area contributed by atoms with Gasteiger partial charge in [-0.2, -0.15) is 11.8 Å². The highest BCUT2D eigenvalue weighted by atomic mass is 32.2. The van der Waals surface area contributed by atoms with Gasteiger partial charge in [-0.05, 0) is 18.2 Å². The van der Waals surface area contributed by atoms with Crippen LogP contribution in [-0.4, -0.2) is 17.5 Å². The summed E-state index contributed by atoms with van der Waals surface area (Å²) in [5.74, 6) is 5.05. The summed E-state index contributed by atoms with van der Waals surface area (Å²) in [5, 5.41) is 3.44. The lowest BCUT2D eigenvalue weighted by molar-refractivity contribution is 0.882. The zero-order valence-electron chi connectivity index (χ0n) is 7.29. The van der Waals surface area contributed by atoms with E-state index in [-0.39, 0.29) is 0 Å². The fourth-order valence-corrected chi connectivity index (χ4v) is 1.89. The first-order chi connectivity index (χ1) is 6.38. The normalized spacial score (nSPS) is 15.9. The fourth-order valence-electron chi connectivity index (χ4n) is 1.25. The summed E-state index contributed by atoms with van der Waals surface area (Å²) in [4.78, 5) is 0. The molecule has 1 N–H and O–H groups in total. The largest absolute Gasteiger partial charge is 0.381 e. The topological polar surface area (TPSA) is 12.0 Å². The van der Waals surface area contributed by atoms with Gasteiger partial charge in [0.1, 0.15) is 0 Å². The van der Waals surface area contributed by atoms with E-state index in [0.717, 1.165) is 11.3 Å². The first-order valence-corrected chi connectivity index (χ1v) is 5.45. The summed E-state index contributed by atoms with van der Waals surface area (Å²) in [6.45, 7) is 0. The SMILES string of the molecule is C#Cc1cccc(NC2CSC2)c1. The van der Waals surface area contributed by atoms with Crippen LogP contribution < -0.4 is 5.32 Å². The molecule has 1 aromatic rings. The van der Waals surface area contributed by atoms with Gasteiger partial charge in [0.05, 0.1) is 0 Å². The summed E-state index contributed by atoms with van der Waals surface area (Å²) in [6, 6.07) is 8.65. The van der Waals surface area contributed by atoms with Crippen LogP contribution in [0.1, 0.15) is 5.56 Å². The molecular weight excluding hydrogens is 178 g/mol. The number of benzene rings is 1. The molecule has 1 aromatic carbocycles. The van der Waals surface area contributed by atoms with Crippen molar-refractivity contribution < 1.29 is 0 Å². The molecule has 1 aliphatic rings. The highest BCUT2D eigenvalue weighted by molar-refractivity contribution is 8.00. The van der Waals surface area contributed by atoms with Gasteiger partial charge in [0.2, 0.25) is 0 Å². The number of hydrogen-bond acceptors (Lipinski definition) is 2. The molecule has 0 spiro atoms. The van der Waals surface area contributed by atoms with Crippen molar-refractivity contribution in [3.8, 4) is 12.3 Å². The van der Waals surface area contributed by atoms with Crippen LogP contribution in [0.2, 0.25) is 0 Å². The molecule has 0 saturated carbocycles. The zero-order chi connectivity index (χ0) is 9.10. The second-order valence-corrected chi connectivity index (χ2v) is 4.18. The Labute approximate surface area is 82.9 Å². The molecule has 1 saturated heterocycles. The smallest absolute Gasteiger partial charge is 0.0442 e. The summed E-state index contributed by atoms with van der Waals surface area (Å²) in [6.07, 6.45) is 5.31. The number of rotatable bonds is 2. The molecule has 0 unspecified atom stereocenters. The summed E-state index contributed by atoms with van der Waals surface area (Å²) in [5.41, 5.74) is 2.08. The van der Waals surface area contributed by atoms with Crippen molar-refractivity contribution in [3.05, 3.63) is 29.8 Å². The van der Waals surface area contributed by atoms with E-state index in [2.05, 4.69) is 17.3 Å². The zero-order valence-corrected chi connectivity index (χ0v) is 8.10. The van der Waals surface area contributed by atoms with E-state index < -0.39 is 0 Å². The van der Waals surface area contributed by atoms with E-state index in [9.17, 15) is 0 Å². The van der Waals surface area contributed by atoms with Gasteiger partial charge >= 0.3 is 0 Å². The van der Waals surface area contributed by atoms with Gasteiger partial charge in [0.25, 0.3) is 0 Å². The highest BCUT2D eigenvalue weighted by Gasteiger charge is 2.17. The molecule has 0 aliphatic carbocycles. The Morgan fingerprint density at radius 3 is 2.92 bits per heavy atom. The third kappa shape index (κ3) is 1.99. The molecular formula is C11H11NS. The maximum atomic E-state index is 5.31. The van der Waals surface area contributed by atoms with Gasteiger partial charge in [-0.25, -0.2) is 0 Å². The van der Waals surface area contributed by atoms with Crippen LogP contribution in [0.5, 0.6) is 0 Å². The highest BCUT2D eigenvalue weighted by Crippen LogP contribution is 2.22. The van der Waals surface area contributed by atoms with Crippen molar-refractivity contribution in [3.63, 3.8) is 0 Å². The Bertz CT molecular complexity index is 336. The minimum atomic E-state index is 0.637. The van der Waals surface area contributed by atoms with Crippen molar-refractivity contribution in [1.29, 1.82) is 0 Å². The third-order valence-electron chi connectivity index (χ3n) is 2.04. The molecule has 13 heavy (non-hydrogen) atoms. The lowest BCUT2D eigenvalue weighted by atomic mass is 10.2. The number of terminal acetylenes is 1. The first kappa shape index (κ1) is 8.52. The van der Waals surface area contributed by atoms with Crippen LogP contribution >= 0.6 is 11.8 Å². The lowest BCUT2D eigenvalue weighted by Crippen LogP contribution is -2.33. The second kappa shape index (κ2) is 3.76. The lowest BCUT2D eigenvalue weighted by Gasteiger charge is -2.26. The molecule has 66 valence electrons. The molecule has 2 rings (SSSR count). The molecule has 0 bridgehead atoms. The third-order valence-corrected chi connectivity index (χ3v) is 3.31. The average molecular weight is 189 g/mol. The standard InChI is InChI=1S/C11H11NS/c1-2-9-4-3-5-10(6-9)12-11-7-13-8-11/h1,3-6,11-12H,7-8H2. The van der Waals surface area contributed by atoms with E-state index in [1.807, 2.05) is 30.0 Å². The molecule has 1 aliphatic heterocycles. The summed E-state index contributed by atoms with van der Waals surface area (Å²) >= 11 is 1.97. The Kier molecular flexibility index (Phi) is 2.47. The van der Waals surface area contributed by atoms with Crippen LogP contribution in [0, 0.1) is 12.3 Å². The van der Waals surface area contributed by atoms with E-state index in [0.29, 0.717) is 6.04 Å². The van der Waals surface area contributed by atoms with Gasteiger partial charge < -0.3 is 5.32 Å². The van der Waals surface area contributed by atoms with Crippen LogP contribution in [0.15, 0.2) is 24.3 Å².